The standard InChI is InChI=1S/C27H35N3O4S/c1-34-26-9-5-4-8-25(26)28-16-18-29(19-17-28)27(31)22-12-14-30(15-13-22)35(32,33)24-11-10-21-6-2-3-7-23(21)20-24/h4-5,8-11,20,22H,2-3,6-7,12-19H2,1H3. The Balaban J connectivity index is 1.17. The number of hydrogen-bond donors (Lipinski definition) is 0. The number of hydrogen-bond acceptors (Lipinski definition) is 5. The fraction of sp³-hybridized carbons (Fsp3) is 0.519. The second-order valence-electron chi connectivity index (χ2n) is 9.80. The van der Waals surface area contributed by atoms with Gasteiger partial charge in [-0.1, -0.05) is 18.2 Å². The van der Waals surface area contributed by atoms with Crippen molar-refractivity contribution in [3.05, 3.63) is 53.6 Å². The summed E-state index contributed by atoms with van der Waals surface area (Å²) >= 11 is 0. The van der Waals surface area contributed by atoms with Gasteiger partial charge < -0.3 is 14.5 Å². The van der Waals surface area contributed by atoms with Gasteiger partial charge in [-0.15, -0.1) is 0 Å². The Bertz CT molecular complexity index is 1170. The molecule has 2 fully saturated rings. The van der Waals surface area contributed by atoms with E-state index in [4.69, 9.17) is 4.74 Å². The largest absolute Gasteiger partial charge is 0.495 e. The third-order valence-electron chi connectivity index (χ3n) is 7.78. The van der Waals surface area contributed by atoms with Crippen molar-refractivity contribution in [2.24, 2.45) is 5.92 Å². The van der Waals surface area contributed by atoms with Crippen LogP contribution in [0.4, 0.5) is 5.69 Å². The van der Waals surface area contributed by atoms with Gasteiger partial charge in [0.25, 0.3) is 0 Å². The molecule has 0 radical (unpaired) electrons. The minimum atomic E-state index is -3.52. The highest BCUT2D eigenvalue weighted by Crippen LogP contribution is 2.31. The zero-order chi connectivity index (χ0) is 24.4. The van der Waals surface area contributed by atoms with Crippen molar-refractivity contribution in [1.82, 2.24) is 9.21 Å². The lowest BCUT2D eigenvalue weighted by molar-refractivity contribution is -0.137. The zero-order valence-corrected chi connectivity index (χ0v) is 21.3. The van der Waals surface area contributed by atoms with Crippen LogP contribution in [-0.4, -0.2) is 69.9 Å². The summed E-state index contributed by atoms with van der Waals surface area (Å²) in [6, 6.07) is 13.6. The first kappa shape index (κ1) is 24.1. The molecule has 1 aliphatic carbocycles. The highest BCUT2D eigenvalue weighted by Gasteiger charge is 2.35. The van der Waals surface area contributed by atoms with Crippen LogP contribution >= 0.6 is 0 Å². The van der Waals surface area contributed by atoms with Crippen molar-refractivity contribution in [1.29, 1.82) is 0 Å². The third kappa shape index (κ3) is 4.91. The number of piperidine rings is 1. The summed E-state index contributed by atoms with van der Waals surface area (Å²) in [4.78, 5) is 17.8. The zero-order valence-electron chi connectivity index (χ0n) is 20.5. The lowest BCUT2D eigenvalue weighted by Gasteiger charge is -2.39. The quantitative estimate of drug-likeness (QED) is 0.634. The van der Waals surface area contributed by atoms with Crippen LogP contribution in [0.2, 0.25) is 0 Å². The van der Waals surface area contributed by atoms with Gasteiger partial charge in [-0.3, -0.25) is 4.79 Å². The van der Waals surface area contributed by atoms with Gasteiger partial charge in [0, 0.05) is 45.2 Å². The van der Waals surface area contributed by atoms with Crippen LogP contribution in [0.15, 0.2) is 47.4 Å². The Morgan fingerprint density at radius 1 is 0.886 bits per heavy atom. The SMILES string of the molecule is COc1ccccc1N1CCN(C(=O)C2CCN(S(=O)(=O)c3ccc4c(c3)CCCC4)CC2)CC1. The van der Waals surface area contributed by atoms with E-state index in [2.05, 4.69) is 11.0 Å². The minimum absolute atomic E-state index is 0.109. The Morgan fingerprint density at radius 2 is 1.57 bits per heavy atom. The van der Waals surface area contributed by atoms with Crippen molar-refractivity contribution in [2.75, 3.05) is 51.3 Å². The van der Waals surface area contributed by atoms with Gasteiger partial charge in [-0.05, 0) is 73.9 Å². The molecule has 2 aliphatic heterocycles. The van der Waals surface area contributed by atoms with Gasteiger partial charge in [0.1, 0.15) is 5.75 Å². The first-order valence-electron chi connectivity index (χ1n) is 12.8. The molecule has 1 amide bonds. The maximum Gasteiger partial charge on any atom is 0.243 e. The van der Waals surface area contributed by atoms with Gasteiger partial charge in [-0.25, -0.2) is 8.42 Å². The van der Waals surface area contributed by atoms with Crippen LogP contribution in [0.5, 0.6) is 5.75 Å². The van der Waals surface area contributed by atoms with E-state index in [0.29, 0.717) is 43.9 Å². The molecule has 5 rings (SSSR count). The maximum absolute atomic E-state index is 13.3. The van der Waals surface area contributed by atoms with Crippen LogP contribution in [0.25, 0.3) is 0 Å². The Labute approximate surface area is 208 Å². The van der Waals surface area contributed by atoms with Gasteiger partial charge in [0.2, 0.25) is 15.9 Å². The number of nitrogens with zero attached hydrogens (tertiary/aromatic N) is 3. The molecule has 0 saturated carbocycles. The molecule has 0 bridgehead atoms. The van der Waals surface area contributed by atoms with Crippen molar-refractivity contribution in [3.63, 3.8) is 0 Å². The summed E-state index contributed by atoms with van der Waals surface area (Å²) in [6.45, 7) is 3.67. The number of para-hydroxylation sites is 2. The van der Waals surface area contributed by atoms with Gasteiger partial charge in [-0.2, -0.15) is 4.31 Å². The number of fused-ring (bicyclic) bond motifs is 1. The molecule has 2 aromatic rings. The molecular formula is C27H35N3O4S. The number of anilines is 1. The number of piperazine rings is 1. The number of benzene rings is 2. The summed E-state index contributed by atoms with van der Waals surface area (Å²) in [5.74, 6) is 0.901. The number of amides is 1. The predicted molar refractivity (Wildman–Crippen MR) is 136 cm³/mol. The minimum Gasteiger partial charge on any atom is -0.495 e. The van der Waals surface area contributed by atoms with E-state index < -0.39 is 10.0 Å². The number of sulfonamides is 1. The van der Waals surface area contributed by atoms with E-state index in [1.54, 1.807) is 17.5 Å². The highest BCUT2D eigenvalue weighted by molar-refractivity contribution is 7.89. The molecule has 0 unspecified atom stereocenters. The molecule has 0 N–H and O–H groups in total. The topological polar surface area (TPSA) is 70.2 Å². The molecule has 3 aliphatic rings. The Kier molecular flexibility index (Phi) is 7.02. The first-order valence-corrected chi connectivity index (χ1v) is 14.2. The van der Waals surface area contributed by atoms with Crippen molar-refractivity contribution < 1.29 is 17.9 Å². The van der Waals surface area contributed by atoms with E-state index in [9.17, 15) is 13.2 Å². The second-order valence-corrected chi connectivity index (χ2v) is 11.7. The summed E-state index contributed by atoms with van der Waals surface area (Å²) in [7, 11) is -1.85. The summed E-state index contributed by atoms with van der Waals surface area (Å²) in [5, 5.41) is 0. The van der Waals surface area contributed by atoms with Crippen molar-refractivity contribution in [2.45, 2.75) is 43.4 Å². The fourth-order valence-electron chi connectivity index (χ4n) is 5.68. The summed E-state index contributed by atoms with van der Waals surface area (Å²) in [6.07, 6.45) is 5.45. The molecule has 8 heteroatoms. The monoisotopic (exact) mass is 497 g/mol. The van der Waals surface area contributed by atoms with Crippen molar-refractivity contribution in [3.8, 4) is 5.75 Å². The molecule has 0 aromatic heterocycles. The molecule has 7 nitrogen and oxygen atoms in total. The maximum atomic E-state index is 13.3. The number of carbonyl (C=O) groups is 1. The van der Waals surface area contributed by atoms with Gasteiger partial charge in [0.05, 0.1) is 17.7 Å². The number of rotatable bonds is 5. The molecule has 0 atom stereocenters. The van der Waals surface area contributed by atoms with Crippen LogP contribution in [0.3, 0.4) is 0 Å². The lowest BCUT2D eigenvalue weighted by Crippen LogP contribution is -2.52. The first-order chi connectivity index (χ1) is 17.0. The summed E-state index contributed by atoms with van der Waals surface area (Å²) in [5.41, 5.74) is 3.52. The molecule has 35 heavy (non-hydrogen) atoms. The highest BCUT2D eigenvalue weighted by atomic mass is 32.2. The van der Waals surface area contributed by atoms with E-state index >= 15 is 0 Å². The van der Waals surface area contributed by atoms with Crippen molar-refractivity contribution >= 4 is 21.6 Å². The average molecular weight is 498 g/mol. The third-order valence-corrected chi connectivity index (χ3v) is 9.67. The normalized spacial score (nSPS) is 19.9. The molecular weight excluding hydrogens is 462 g/mol. The fourth-order valence-corrected chi connectivity index (χ4v) is 7.20. The Morgan fingerprint density at radius 3 is 2.29 bits per heavy atom. The van der Waals surface area contributed by atoms with Crippen LogP contribution < -0.4 is 9.64 Å². The lowest BCUT2D eigenvalue weighted by atomic mass is 9.92. The van der Waals surface area contributed by atoms with E-state index in [-0.39, 0.29) is 11.8 Å². The van der Waals surface area contributed by atoms with E-state index in [1.165, 1.54) is 17.5 Å². The molecule has 2 saturated heterocycles. The summed E-state index contributed by atoms with van der Waals surface area (Å²) < 4.78 is 33.6. The van der Waals surface area contributed by atoms with Gasteiger partial charge in [0.15, 0.2) is 0 Å². The second kappa shape index (κ2) is 10.2. The van der Waals surface area contributed by atoms with Crippen LogP contribution in [-0.2, 0) is 27.7 Å². The number of methoxy groups -OCH3 is 1. The molecule has 188 valence electrons. The van der Waals surface area contributed by atoms with E-state index in [0.717, 1.165) is 43.8 Å². The van der Waals surface area contributed by atoms with Crippen LogP contribution in [0, 0.1) is 5.92 Å². The van der Waals surface area contributed by atoms with Crippen LogP contribution in [0.1, 0.15) is 36.8 Å². The average Bonchev–Trinajstić information content (AvgIpc) is 2.92. The number of carbonyl (C=O) groups excluding carboxylic acids is 1. The molecule has 2 heterocycles. The predicted octanol–water partition coefficient (Wildman–Crippen LogP) is 3.32. The number of aryl methyl sites for hydroxylation is 2. The van der Waals surface area contributed by atoms with Gasteiger partial charge >= 0.3 is 0 Å². The smallest absolute Gasteiger partial charge is 0.243 e. The Hall–Kier alpha value is -2.58. The number of ether oxygens (including phenoxy) is 1. The van der Waals surface area contributed by atoms with E-state index in [1.807, 2.05) is 35.2 Å². The molecule has 0 spiro atoms. The molecule has 2 aromatic carbocycles.